The van der Waals surface area contributed by atoms with E-state index in [9.17, 15) is 5.11 Å². The number of pyridine rings is 1. The summed E-state index contributed by atoms with van der Waals surface area (Å²) in [6.07, 6.45) is 1.75. The van der Waals surface area contributed by atoms with Crippen LogP contribution >= 0.6 is 11.6 Å². The quantitative estimate of drug-likeness (QED) is 0.842. The molecule has 2 rings (SSSR count). The molecule has 0 bridgehead atoms. The topological polar surface area (TPSA) is 33.1 Å². The highest BCUT2D eigenvalue weighted by atomic mass is 35.5. The van der Waals surface area contributed by atoms with Crippen LogP contribution in [0.25, 0.3) is 10.9 Å². The Morgan fingerprint density at radius 3 is 2.87 bits per heavy atom. The van der Waals surface area contributed by atoms with E-state index in [-0.39, 0.29) is 5.75 Å². The smallest absolute Gasteiger partial charge is 0.137 e. The second kappa shape index (κ2) is 4.07. The summed E-state index contributed by atoms with van der Waals surface area (Å²) in [6.45, 7) is 2.06. The van der Waals surface area contributed by atoms with Gasteiger partial charge in [0.05, 0.1) is 11.2 Å². The van der Waals surface area contributed by atoms with Crippen molar-refractivity contribution in [2.24, 2.45) is 0 Å². The summed E-state index contributed by atoms with van der Waals surface area (Å²) in [5.74, 6) is 0.270. The molecule has 78 valence electrons. The Labute approximate surface area is 93.5 Å². The van der Waals surface area contributed by atoms with Gasteiger partial charge in [0.25, 0.3) is 0 Å². The summed E-state index contributed by atoms with van der Waals surface area (Å²) in [6, 6.07) is 7.21. The standard InChI is InChI=1S/C12H12ClNO/c1-2-3-10-12(15)6-8-4-5-9(13)7-11(8)14-10/h4-7,15H,2-3H2,1H3. The Kier molecular flexibility index (Phi) is 2.78. The van der Waals surface area contributed by atoms with Gasteiger partial charge in [-0.2, -0.15) is 0 Å². The van der Waals surface area contributed by atoms with E-state index in [0.29, 0.717) is 5.02 Å². The maximum atomic E-state index is 9.71. The van der Waals surface area contributed by atoms with Crippen LogP contribution in [0.3, 0.4) is 0 Å². The van der Waals surface area contributed by atoms with Gasteiger partial charge in [0.15, 0.2) is 0 Å². The number of aryl methyl sites for hydroxylation is 1. The Hall–Kier alpha value is -1.28. The first-order valence-electron chi connectivity index (χ1n) is 4.99. The monoisotopic (exact) mass is 221 g/mol. The fourth-order valence-corrected chi connectivity index (χ4v) is 1.76. The molecule has 0 aliphatic carbocycles. The number of nitrogens with zero attached hydrogens (tertiary/aromatic N) is 1. The summed E-state index contributed by atoms with van der Waals surface area (Å²) < 4.78 is 0. The Bertz CT molecular complexity index is 496. The van der Waals surface area contributed by atoms with Crippen molar-refractivity contribution in [3.05, 3.63) is 35.0 Å². The molecule has 1 heterocycles. The van der Waals surface area contributed by atoms with Gasteiger partial charge in [0.1, 0.15) is 5.75 Å². The van der Waals surface area contributed by atoms with Gasteiger partial charge in [-0.3, -0.25) is 0 Å². The minimum absolute atomic E-state index is 0.270. The molecular weight excluding hydrogens is 210 g/mol. The fraction of sp³-hybridized carbons (Fsp3) is 0.250. The van der Waals surface area contributed by atoms with Crippen molar-refractivity contribution in [2.45, 2.75) is 19.8 Å². The van der Waals surface area contributed by atoms with E-state index in [4.69, 9.17) is 11.6 Å². The average molecular weight is 222 g/mol. The van der Waals surface area contributed by atoms with E-state index in [0.717, 1.165) is 29.4 Å². The molecular formula is C12H12ClNO. The van der Waals surface area contributed by atoms with Crippen LogP contribution in [0.2, 0.25) is 5.02 Å². The second-order valence-corrected chi connectivity index (χ2v) is 3.98. The molecule has 1 aromatic carbocycles. The lowest BCUT2D eigenvalue weighted by molar-refractivity contribution is 0.465. The SMILES string of the molecule is CCCc1nc2cc(Cl)ccc2cc1O. The minimum Gasteiger partial charge on any atom is -0.506 e. The second-order valence-electron chi connectivity index (χ2n) is 3.54. The summed E-state index contributed by atoms with van der Waals surface area (Å²) >= 11 is 5.89. The van der Waals surface area contributed by atoms with E-state index in [1.54, 1.807) is 12.1 Å². The third-order valence-corrected chi connectivity index (χ3v) is 2.56. The van der Waals surface area contributed by atoms with E-state index in [1.807, 2.05) is 12.1 Å². The largest absolute Gasteiger partial charge is 0.506 e. The highest BCUT2D eigenvalue weighted by Crippen LogP contribution is 2.24. The summed E-state index contributed by atoms with van der Waals surface area (Å²) in [5.41, 5.74) is 1.58. The van der Waals surface area contributed by atoms with Crippen molar-refractivity contribution < 1.29 is 5.11 Å². The minimum atomic E-state index is 0.270. The van der Waals surface area contributed by atoms with Gasteiger partial charge in [-0.05, 0) is 24.6 Å². The lowest BCUT2D eigenvalue weighted by Gasteiger charge is -2.05. The molecule has 1 N–H and O–H groups in total. The molecule has 0 saturated heterocycles. The molecule has 2 aromatic rings. The van der Waals surface area contributed by atoms with Crippen LogP contribution < -0.4 is 0 Å². The van der Waals surface area contributed by atoms with Crippen LogP contribution in [0.15, 0.2) is 24.3 Å². The summed E-state index contributed by atoms with van der Waals surface area (Å²) in [7, 11) is 0. The van der Waals surface area contributed by atoms with Crippen molar-refractivity contribution >= 4 is 22.5 Å². The molecule has 0 aliphatic rings. The molecule has 1 aromatic heterocycles. The number of halogens is 1. The molecule has 0 fully saturated rings. The van der Waals surface area contributed by atoms with Crippen LogP contribution in [0, 0.1) is 0 Å². The lowest BCUT2D eigenvalue weighted by Crippen LogP contribution is -1.91. The first kappa shape index (κ1) is 10.2. The zero-order valence-electron chi connectivity index (χ0n) is 8.50. The van der Waals surface area contributed by atoms with E-state index >= 15 is 0 Å². The molecule has 0 saturated carbocycles. The number of hydrogen-bond acceptors (Lipinski definition) is 2. The molecule has 0 unspecified atom stereocenters. The van der Waals surface area contributed by atoms with Crippen LogP contribution in [-0.2, 0) is 6.42 Å². The van der Waals surface area contributed by atoms with Crippen LogP contribution in [0.5, 0.6) is 5.75 Å². The number of aromatic hydroxyl groups is 1. The molecule has 0 amide bonds. The lowest BCUT2D eigenvalue weighted by atomic mass is 10.1. The maximum Gasteiger partial charge on any atom is 0.137 e. The van der Waals surface area contributed by atoms with E-state index < -0.39 is 0 Å². The third kappa shape index (κ3) is 2.05. The molecule has 0 aliphatic heterocycles. The Balaban J connectivity index is 2.61. The van der Waals surface area contributed by atoms with Crippen LogP contribution in [0.4, 0.5) is 0 Å². The Morgan fingerprint density at radius 2 is 2.13 bits per heavy atom. The zero-order chi connectivity index (χ0) is 10.8. The molecule has 15 heavy (non-hydrogen) atoms. The van der Waals surface area contributed by atoms with E-state index in [2.05, 4.69) is 11.9 Å². The van der Waals surface area contributed by atoms with Gasteiger partial charge < -0.3 is 5.11 Å². The number of benzene rings is 1. The number of aromatic nitrogens is 1. The number of fused-ring (bicyclic) bond motifs is 1. The van der Waals surface area contributed by atoms with Gasteiger partial charge in [-0.15, -0.1) is 0 Å². The van der Waals surface area contributed by atoms with Crippen molar-refractivity contribution in [3.63, 3.8) is 0 Å². The van der Waals surface area contributed by atoms with Crippen molar-refractivity contribution in [2.75, 3.05) is 0 Å². The highest BCUT2D eigenvalue weighted by molar-refractivity contribution is 6.31. The maximum absolute atomic E-state index is 9.71. The summed E-state index contributed by atoms with van der Waals surface area (Å²) in [5, 5.41) is 11.3. The zero-order valence-corrected chi connectivity index (χ0v) is 9.25. The molecule has 2 nitrogen and oxygen atoms in total. The van der Waals surface area contributed by atoms with Gasteiger partial charge in [-0.25, -0.2) is 4.98 Å². The van der Waals surface area contributed by atoms with Crippen molar-refractivity contribution in [1.82, 2.24) is 4.98 Å². The Morgan fingerprint density at radius 1 is 1.33 bits per heavy atom. The highest BCUT2D eigenvalue weighted by Gasteiger charge is 2.05. The van der Waals surface area contributed by atoms with Crippen LogP contribution in [-0.4, -0.2) is 10.1 Å². The van der Waals surface area contributed by atoms with Crippen LogP contribution in [0.1, 0.15) is 19.0 Å². The van der Waals surface area contributed by atoms with Gasteiger partial charge >= 0.3 is 0 Å². The predicted molar refractivity (Wildman–Crippen MR) is 62.4 cm³/mol. The number of rotatable bonds is 2. The van der Waals surface area contributed by atoms with Crippen molar-refractivity contribution in [1.29, 1.82) is 0 Å². The molecule has 3 heteroatoms. The average Bonchev–Trinajstić information content (AvgIpc) is 2.20. The molecule has 0 atom stereocenters. The first-order valence-corrected chi connectivity index (χ1v) is 5.36. The summed E-state index contributed by atoms with van der Waals surface area (Å²) in [4.78, 5) is 4.39. The van der Waals surface area contributed by atoms with Crippen molar-refractivity contribution in [3.8, 4) is 5.75 Å². The molecule has 0 radical (unpaired) electrons. The number of hydrogen-bond donors (Lipinski definition) is 1. The van der Waals surface area contributed by atoms with Gasteiger partial charge in [0, 0.05) is 10.4 Å². The third-order valence-electron chi connectivity index (χ3n) is 2.32. The predicted octanol–water partition coefficient (Wildman–Crippen LogP) is 3.55. The van der Waals surface area contributed by atoms with E-state index in [1.165, 1.54) is 0 Å². The normalized spacial score (nSPS) is 10.8. The first-order chi connectivity index (χ1) is 7.20. The molecule has 0 spiro atoms. The van der Waals surface area contributed by atoms with Gasteiger partial charge in [-0.1, -0.05) is 31.0 Å². The van der Waals surface area contributed by atoms with Gasteiger partial charge in [0.2, 0.25) is 0 Å². The fourth-order valence-electron chi connectivity index (χ4n) is 1.59.